The Bertz CT molecular complexity index is 576. The topological polar surface area (TPSA) is 36.3 Å². The van der Waals surface area contributed by atoms with Crippen LogP contribution in [-0.4, -0.2) is 28.0 Å². The van der Waals surface area contributed by atoms with Crippen molar-refractivity contribution in [1.29, 1.82) is 0 Å². The third-order valence-corrected chi connectivity index (χ3v) is 4.26. The van der Waals surface area contributed by atoms with Gasteiger partial charge in [-0.3, -0.25) is 0 Å². The molecule has 0 bridgehead atoms. The van der Waals surface area contributed by atoms with Crippen LogP contribution in [0.5, 0.6) is 0 Å². The van der Waals surface area contributed by atoms with E-state index in [4.69, 9.17) is 21.1 Å². The number of hydrogen-bond donors (Lipinski definition) is 1. The van der Waals surface area contributed by atoms with Gasteiger partial charge in [-0.1, -0.05) is 23.7 Å². The molecule has 1 fully saturated rings. The quantitative estimate of drug-likeness (QED) is 0.858. The molecule has 0 aliphatic carbocycles. The highest BCUT2D eigenvalue weighted by atomic mass is 35.5. The SMILES string of the molecule is SC[C@H]1CO[C@](CCn2ccnc2)(c2ccc(Cl)cc2)O1. The molecule has 1 aliphatic rings. The Morgan fingerprint density at radius 1 is 1.38 bits per heavy atom. The van der Waals surface area contributed by atoms with Gasteiger partial charge in [0.1, 0.15) is 0 Å². The number of imidazole rings is 1. The molecule has 2 aromatic rings. The van der Waals surface area contributed by atoms with Crippen LogP contribution in [0.1, 0.15) is 12.0 Å². The lowest BCUT2D eigenvalue weighted by atomic mass is 10.0. The number of rotatable bonds is 5. The second kappa shape index (κ2) is 6.40. The van der Waals surface area contributed by atoms with Gasteiger partial charge in [0, 0.05) is 41.7 Å². The smallest absolute Gasteiger partial charge is 0.197 e. The van der Waals surface area contributed by atoms with E-state index in [1.165, 1.54) is 0 Å². The average molecular weight is 325 g/mol. The summed E-state index contributed by atoms with van der Waals surface area (Å²) in [6.45, 7) is 1.32. The second-order valence-electron chi connectivity index (χ2n) is 5.04. The summed E-state index contributed by atoms with van der Waals surface area (Å²) in [5.74, 6) is -0.0946. The normalized spacial score (nSPS) is 25.3. The first kappa shape index (κ1) is 14.9. The molecule has 112 valence electrons. The number of benzene rings is 1. The van der Waals surface area contributed by atoms with Gasteiger partial charge < -0.3 is 14.0 Å². The fourth-order valence-corrected chi connectivity index (χ4v) is 2.79. The van der Waals surface area contributed by atoms with Gasteiger partial charge in [-0.05, 0) is 12.1 Å². The van der Waals surface area contributed by atoms with E-state index in [-0.39, 0.29) is 6.10 Å². The summed E-state index contributed by atoms with van der Waals surface area (Å²) < 4.78 is 14.2. The predicted octanol–water partition coefficient (Wildman–Crippen LogP) is 3.12. The van der Waals surface area contributed by atoms with Crippen molar-refractivity contribution in [3.63, 3.8) is 0 Å². The van der Waals surface area contributed by atoms with E-state index in [0.717, 1.165) is 12.1 Å². The number of hydrogen-bond acceptors (Lipinski definition) is 4. The standard InChI is InChI=1S/C15H17ClN2O2S/c16-13-3-1-12(2-4-13)15(19-9-14(10-21)20-15)5-7-18-8-6-17-11-18/h1-4,6,8,11,14,21H,5,7,9-10H2/t14-,15+/m1/s1. The Labute approximate surface area is 134 Å². The van der Waals surface area contributed by atoms with Gasteiger partial charge >= 0.3 is 0 Å². The van der Waals surface area contributed by atoms with Crippen molar-refractivity contribution in [1.82, 2.24) is 9.55 Å². The van der Waals surface area contributed by atoms with E-state index in [9.17, 15) is 0 Å². The fraction of sp³-hybridized carbons (Fsp3) is 0.400. The van der Waals surface area contributed by atoms with Crippen molar-refractivity contribution >= 4 is 24.2 Å². The lowest BCUT2D eigenvalue weighted by Gasteiger charge is -2.29. The van der Waals surface area contributed by atoms with Crippen molar-refractivity contribution < 1.29 is 9.47 Å². The lowest BCUT2D eigenvalue weighted by molar-refractivity contribution is -0.181. The molecular weight excluding hydrogens is 308 g/mol. The molecular formula is C15H17ClN2O2S. The molecule has 0 spiro atoms. The van der Waals surface area contributed by atoms with Crippen molar-refractivity contribution in [3.8, 4) is 0 Å². The van der Waals surface area contributed by atoms with Gasteiger partial charge in [0.2, 0.25) is 0 Å². The molecule has 0 amide bonds. The van der Waals surface area contributed by atoms with Gasteiger partial charge in [0.05, 0.1) is 19.0 Å². The minimum absolute atomic E-state index is 0.00630. The molecule has 4 nitrogen and oxygen atoms in total. The number of aryl methyl sites for hydroxylation is 1. The van der Waals surface area contributed by atoms with Gasteiger partial charge in [-0.25, -0.2) is 4.98 Å². The summed E-state index contributed by atoms with van der Waals surface area (Å²) in [5.41, 5.74) is 0.983. The molecule has 21 heavy (non-hydrogen) atoms. The summed E-state index contributed by atoms with van der Waals surface area (Å²) in [6, 6.07) is 7.63. The highest BCUT2D eigenvalue weighted by molar-refractivity contribution is 7.80. The highest BCUT2D eigenvalue weighted by Gasteiger charge is 2.42. The second-order valence-corrected chi connectivity index (χ2v) is 5.85. The molecule has 0 unspecified atom stereocenters. The van der Waals surface area contributed by atoms with E-state index >= 15 is 0 Å². The summed E-state index contributed by atoms with van der Waals surface area (Å²) >= 11 is 10.3. The van der Waals surface area contributed by atoms with Gasteiger partial charge in [-0.15, -0.1) is 0 Å². The van der Waals surface area contributed by atoms with E-state index in [2.05, 4.69) is 17.6 Å². The molecule has 2 heterocycles. The molecule has 0 saturated carbocycles. The molecule has 0 radical (unpaired) electrons. The summed E-state index contributed by atoms with van der Waals surface area (Å²) in [5, 5.41) is 0.701. The van der Waals surface area contributed by atoms with Gasteiger partial charge in [-0.2, -0.15) is 12.6 Å². The predicted molar refractivity (Wildman–Crippen MR) is 84.7 cm³/mol. The summed E-state index contributed by atoms with van der Waals surface area (Å²) in [4.78, 5) is 4.06. The highest BCUT2D eigenvalue weighted by Crippen LogP contribution is 2.38. The van der Waals surface area contributed by atoms with Crippen LogP contribution in [0.25, 0.3) is 0 Å². The monoisotopic (exact) mass is 324 g/mol. The van der Waals surface area contributed by atoms with Crippen molar-refractivity contribution in [2.24, 2.45) is 0 Å². The van der Waals surface area contributed by atoms with Crippen LogP contribution in [0.2, 0.25) is 5.02 Å². The Balaban J connectivity index is 1.82. The molecule has 2 atom stereocenters. The van der Waals surface area contributed by atoms with Crippen LogP contribution in [0.4, 0.5) is 0 Å². The zero-order chi connectivity index (χ0) is 14.7. The van der Waals surface area contributed by atoms with Gasteiger partial charge in [0.15, 0.2) is 5.79 Å². The Kier molecular flexibility index (Phi) is 4.54. The van der Waals surface area contributed by atoms with Crippen LogP contribution in [0.3, 0.4) is 0 Å². The molecule has 6 heteroatoms. The first-order valence-corrected chi connectivity index (χ1v) is 7.87. The minimum atomic E-state index is -0.734. The number of aromatic nitrogens is 2. The number of nitrogens with zero attached hydrogens (tertiary/aromatic N) is 2. The molecule has 3 rings (SSSR count). The van der Waals surface area contributed by atoms with E-state index in [1.54, 1.807) is 12.5 Å². The Morgan fingerprint density at radius 3 is 2.81 bits per heavy atom. The maximum Gasteiger partial charge on any atom is 0.197 e. The summed E-state index contributed by atoms with van der Waals surface area (Å²) in [6.07, 6.45) is 6.20. The van der Waals surface area contributed by atoms with Crippen molar-refractivity contribution in [3.05, 3.63) is 53.6 Å². The third kappa shape index (κ3) is 3.26. The molecule has 1 aromatic heterocycles. The van der Waals surface area contributed by atoms with Crippen molar-refractivity contribution in [2.75, 3.05) is 12.4 Å². The fourth-order valence-electron chi connectivity index (χ4n) is 2.48. The first-order chi connectivity index (χ1) is 10.2. The summed E-state index contributed by atoms with van der Waals surface area (Å²) in [7, 11) is 0. The molecule has 1 aromatic carbocycles. The van der Waals surface area contributed by atoms with E-state index < -0.39 is 5.79 Å². The van der Waals surface area contributed by atoms with Crippen LogP contribution in [-0.2, 0) is 21.8 Å². The van der Waals surface area contributed by atoms with Crippen LogP contribution in [0, 0.1) is 0 Å². The van der Waals surface area contributed by atoms with Crippen molar-refractivity contribution in [2.45, 2.75) is 24.9 Å². The lowest BCUT2D eigenvalue weighted by Crippen LogP contribution is -2.30. The number of halogens is 1. The number of thiol groups is 1. The minimum Gasteiger partial charge on any atom is -0.343 e. The van der Waals surface area contributed by atoms with Crippen LogP contribution in [0.15, 0.2) is 43.0 Å². The van der Waals surface area contributed by atoms with E-state index in [1.807, 2.05) is 35.0 Å². The maximum atomic E-state index is 6.15. The number of ether oxygens (including phenoxy) is 2. The molecule has 1 saturated heterocycles. The Hall–Kier alpha value is -1.01. The van der Waals surface area contributed by atoms with Gasteiger partial charge in [0.25, 0.3) is 0 Å². The molecule has 1 aliphatic heterocycles. The average Bonchev–Trinajstić information content (AvgIpc) is 3.16. The Morgan fingerprint density at radius 2 is 2.19 bits per heavy atom. The zero-order valence-electron chi connectivity index (χ0n) is 11.5. The van der Waals surface area contributed by atoms with E-state index in [0.29, 0.717) is 23.8 Å². The third-order valence-electron chi connectivity index (χ3n) is 3.61. The molecule has 0 N–H and O–H groups in total. The first-order valence-electron chi connectivity index (χ1n) is 6.86. The zero-order valence-corrected chi connectivity index (χ0v) is 13.1. The maximum absolute atomic E-state index is 6.15. The largest absolute Gasteiger partial charge is 0.343 e. The van der Waals surface area contributed by atoms with Crippen LogP contribution >= 0.6 is 24.2 Å². The van der Waals surface area contributed by atoms with Crippen LogP contribution < -0.4 is 0 Å².